The van der Waals surface area contributed by atoms with Gasteiger partial charge in [-0.05, 0) is 45.6 Å². The fourth-order valence-corrected chi connectivity index (χ4v) is 2.46. The van der Waals surface area contributed by atoms with Gasteiger partial charge in [-0.15, -0.1) is 0 Å². The van der Waals surface area contributed by atoms with Gasteiger partial charge in [0.1, 0.15) is 5.69 Å². The molecule has 6 heteroatoms. The lowest BCUT2D eigenvalue weighted by molar-refractivity contribution is 0.0799. The van der Waals surface area contributed by atoms with E-state index in [1.165, 1.54) is 12.8 Å². The number of hydrogen-bond acceptors (Lipinski definition) is 4. The zero-order chi connectivity index (χ0) is 17.4. The summed E-state index contributed by atoms with van der Waals surface area (Å²) in [6.45, 7) is 6.83. The average Bonchev–Trinajstić information content (AvgIpc) is 3.02. The summed E-state index contributed by atoms with van der Waals surface area (Å²) in [5.41, 5.74) is 2.92. The minimum absolute atomic E-state index is 0.0827. The first-order valence-corrected chi connectivity index (χ1v) is 8.42. The smallest absolute Gasteiger partial charge is 0.410 e. The van der Waals surface area contributed by atoms with Crippen molar-refractivity contribution in [3.05, 3.63) is 41.8 Å². The van der Waals surface area contributed by atoms with Gasteiger partial charge in [-0.2, -0.15) is 15.4 Å². The fraction of sp³-hybridized carbons (Fsp3) is 0.500. The normalized spacial score (nSPS) is 16.5. The topological polar surface area (TPSA) is 71.1 Å². The predicted molar refractivity (Wildman–Crippen MR) is 94.4 cm³/mol. The molecule has 0 fully saturated rings. The zero-order valence-corrected chi connectivity index (χ0v) is 14.7. The number of nitrogens with one attached hydrogen (secondary N) is 1. The number of H-pyrrole nitrogens is 1. The van der Waals surface area contributed by atoms with Gasteiger partial charge in [0, 0.05) is 13.1 Å². The van der Waals surface area contributed by atoms with E-state index in [0.717, 1.165) is 23.4 Å². The van der Waals surface area contributed by atoms with Crippen molar-refractivity contribution in [3.63, 3.8) is 0 Å². The molecule has 0 unspecified atom stereocenters. The number of carbonyl (C=O) groups excluding carboxylic acids is 1. The third-order valence-electron chi connectivity index (χ3n) is 3.71. The van der Waals surface area contributed by atoms with Crippen LogP contribution >= 0.6 is 0 Å². The molecule has 1 N–H and O–H groups in total. The number of aromatic nitrogens is 3. The Morgan fingerprint density at radius 1 is 1.25 bits per heavy atom. The van der Waals surface area contributed by atoms with Crippen LogP contribution < -0.4 is 0 Å². The van der Waals surface area contributed by atoms with E-state index in [1.807, 2.05) is 26.8 Å². The number of aryl methyl sites for hydroxylation is 1. The SMILES string of the molecule is C1=CCCC=C1.Cc1n[nH]nc1C1=CCN(C(=O)OC(C)C)CC1. The number of amides is 1. The number of rotatable bonds is 2. The van der Waals surface area contributed by atoms with Gasteiger partial charge in [0.15, 0.2) is 0 Å². The molecule has 24 heavy (non-hydrogen) atoms. The number of aromatic amines is 1. The summed E-state index contributed by atoms with van der Waals surface area (Å²) >= 11 is 0. The maximum Gasteiger partial charge on any atom is 0.410 e. The Balaban J connectivity index is 0.000000292. The van der Waals surface area contributed by atoms with Crippen LogP contribution in [0.4, 0.5) is 4.79 Å². The summed E-state index contributed by atoms with van der Waals surface area (Å²) in [5.74, 6) is 0. The quantitative estimate of drug-likeness (QED) is 0.898. The molecule has 0 aromatic carbocycles. The fourth-order valence-electron chi connectivity index (χ4n) is 2.46. The van der Waals surface area contributed by atoms with E-state index in [9.17, 15) is 4.79 Å². The van der Waals surface area contributed by atoms with Crippen LogP contribution in [0.5, 0.6) is 0 Å². The third kappa shape index (κ3) is 5.37. The van der Waals surface area contributed by atoms with E-state index < -0.39 is 0 Å². The molecule has 1 aromatic rings. The van der Waals surface area contributed by atoms with Gasteiger partial charge >= 0.3 is 6.09 Å². The molecule has 6 nitrogen and oxygen atoms in total. The van der Waals surface area contributed by atoms with Crippen molar-refractivity contribution in [2.24, 2.45) is 0 Å². The van der Waals surface area contributed by atoms with Crippen LogP contribution in [0.1, 0.15) is 44.5 Å². The summed E-state index contributed by atoms with van der Waals surface area (Å²) in [4.78, 5) is 13.4. The van der Waals surface area contributed by atoms with E-state index >= 15 is 0 Å². The van der Waals surface area contributed by atoms with Crippen molar-refractivity contribution >= 4 is 11.7 Å². The summed E-state index contributed by atoms with van der Waals surface area (Å²) in [6, 6.07) is 0. The summed E-state index contributed by atoms with van der Waals surface area (Å²) in [5, 5.41) is 10.7. The van der Waals surface area contributed by atoms with E-state index in [0.29, 0.717) is 13.1 Å². The first kappa shape index (κ1) is 18.0. The van der Waals surface area contributed by atoms with Crippen LogP contribution in [0, 0.1) is 6.92 Å². The van der Waals surface area contributed by atoms with Gasteiger partial charge in [-0.1, -0.05) is 30.4 Å². The van der Waals surface area contributed by atoms with Gasteiger partial charge in [0.2, 0.25) is 0 Å². The number of ether oxygens (including phenoxy) is 1. The largest absolute Gasteiger partial charge is 0.447 e. The third-order valence-corrected chi connectivity index (χ3v) is 3.71. The lowest BCUT2D eigenvalue weighted by atomic mass is 10.0. The Kier molecular flexibility index (Phi) is 6.78. The molecule has 3 rings (SSSR count). The van der Waals surface area contributed by atoms with Crippen LogP contribution in [0.2, 0.25) is 0 Å². The van der Waals surface area contributed by atoms with Crippen molar-refractivity contribution in [2.45, 2.75) is 46.1 Å². The second-order valence-corrected chi connectivity index (χ2v) is 6.05. The van der Waals surface area contributed by atoms with E-state index in [1.54, 1.807) is 4.90 Å². The highest BCUT2D eigenvalue weighted by molar-refractivity contribution is 5.72. The monoisotopic (exact) mass is 330 g/mol. The van der Waals surface area contributed by atoms with Gasteiger partial charge in [-0.25, -0.2) is 4.79 Å². The minimum atomic E-state index is -0.253. The number of nitrogens with zero attached hydrogens (tertiary/aromatic N) is 3. The van der Waals surface area contributed by atoms with Gasteiger partial charge in [0.05, 0.1) is 11.8 Å². The van der Waals surface area contributed by atoms with Crippen molar-refractivity contribution in [1.82, 2.24) is 20.3 Å². The molecule has 1 aromatic heterocycles. The predicted octanol–water partition coefficient (Wildman–Crippen LogP) is 3.64. The Hall–Kier alpha value is -2.37. The number of carbonyl (C=O) groups is 1. The lowest BCUT2D eigenvalue weighted by Gasteiger charge is -2.26. The van der Waals surface area contributed by atoms with Crippen molar-refractivity contribution in [3.8, 4) is 0 Å². The summed E-state index contributed by atoms with van der Waals surface area (Å²) in [6.07, 6.45) is 13.5. The van der Waals surface area contributed by atoms with Gasteiger partial charge in [0.25, 0.3) is 0 Å². The zero-order valence-electron chi connectivity index (χ0n) is 14.7. The van der Waals surface area contributed by atoms with Crippen LogP contribution in [0.3, 0.4) is 0 Å². The second kappa shape index (κ2) is 9.05. The Morgan fingerprint density at radius 2 is 1.96 bits per heavy atom. The Labute approximate surface area is 143 Å². The molecular formula is C18H26N4O2. The highest BCUT2D eigenvalue weighted by Gasteiger charge is 2.21. The van der Waals surface area contributed by atoms with Crippen LogP contribution in [0.15, 0.2) is 30.4 Å². The highest BCUT2D eigenvalue weighted by Crippen LogP contribution is 2.22. The molecule has 1 amide bonds. The molecular weight excluding hydrogens is 304 g/mol. The first-order chi connectivity index (χ1) is 11.6. The Bertz CT molecular complexity index is 617. The molecule has 2 aliphatic rings. The molecule has 1 aliphatic heterocycles. The molecule has 0 spiro atoms. The molecule has 2 heterocycles. The maximum absolute atomic E-state index is 11.7. The standard InChI is InChI=1S/C12H18N4O2.C6H8/c1-8(2)18-12(17)16-6-4-10(5-7-16)11-9(3)13-15-14-11;1-2-4-6-5-3-1/h4,8H,5-7H2,1-3H3,(H,13,14,15);1-4H,5-6H2. The molecule has 0 saturated carbocycles. The number of hydrogen-bond donors (Lipinski definition) is 1. The van der Waals surface area contributed by atoms with Crippen molar-refractivity contribution in [2.75, 3.05) is 13.1 Å². The molecule has 0 bridgehead atoms. The molecule has 130 valence electrons. The maximum atomic E-state index is 11.7. The average molecular weight is 330 g/mol. The van der Waals surface area contributed by atoms with Crippen molar-refractivity contribution < 1.29 is 9.53 Å². The molecule has 0 radical (unpaired) electrons. The Morgan fingerprint density at radius 3 is 2.38 bits per heavy atom. The molecule has 0 atom stereocenters. The minimum Gasteiger partial charge on any atom is -0.447 e. The van der Waals surface area contributed by atoms with Crippen molar-refractivity contribution in [1.29, 1.82) is 0 Å². The van der Waals surface area contributed by atoms with Gasteiger partial charge in [-0.3, -0.25) is 0 Å². The van der Waals surface area contributed by atoms with Crippen LogP contribution in [-0.4, -0.2) is 45.6 Å². The summed E-state index contributed by atoms with van der Waals surface area (Å²) in [7, 11) is 0. The molecule has 0 saturated heterocycles. The first-order valence-electron chi connectivity index (χ1n) is 8.42. The molecule has 1 aliphatic carbocycles. The van der Waals surface area contributed by atoms with Crippen LogP contribution in [0.25, 0.3) is 5.57 Å². The van der Waals surface area contributed by atoms with Gasteiger partial charge < -0.3 is 9.64 Å². The highest BCUT2D eigenvalue weighted by atomic mass is 16.6. The van der Waals surface area contributed by atoms with Crippen LogP contribution in [-0.2, 0) is 4.74 Å². The lowest BCUT2D eigenvalue weighted by Crippen LogP contribution is -2.36. The summed E-state index contributed by atoms with van der Waals surface area (Å²) < 4.78 is 5.16. The van der Waals surface area contributed by atoms with E-state index in [4.69, 9.17) is 4.74 Å². The van der Waals surface area contributed by atoms with E-state index in [-0.39, 0.29) is 12.2 Å². The number of allylic oxidation sites excluding steroid dienone is 4. The van der Waals surface area contributed by atoms with E-state index in [2.05, 4.69) is 39.7 Å². The second-order valence-electron chi connectivity index (χ2n) is 6.05.